The van der Waals surface area contributed by atoms with Crippen LogP contribution in [0.3, 0.4) is 0 Å². The molecule has 2 fully saturated rings. The van der Waals surface area contributed by atoms with Gasteiger partial charge in [-0.25, -0.2) is 4.79 Å². The number of carboxylic acid groups (broad SMARTS) is 1. The zero-order valence-electron chi connectivity index (χ0n) is 39.2. The SMILES string of the molecule is CC(C)[C@H](NC(=O)[C@@H]1CCCN1C(=O)[C@@H]1CCCN1C(=O)CNC(=O)[C@H](CO)NC(=O)[C@H](C)NC(=O)[C@H](CCCCN)NC(=O)[C@H](CCCN=C(N)N)NC(=O)[C@@H](N)CCCN=C(N)N)C(=O)O. The molecule has 0 unspecified atom stereocenters. The van der Waals surface area contributed by atoms with Crippen LogP contribution in [0.25, 0.3) is 0 Å². The number of aliphatic carboxylic acids is 1. The van der Waals surface area contributed by atoms with Gasteiger partial charge in [-0.05, 0) is 90.0 Å². The molecule has 68 heavy (non-hydrogen) atoms. The Balaban J connectivity index is 2.06. The number of amides is 8. The maximum atomic E-state index is 13.7. The van der Waals surface area contributed by atoms with Gasteiger partial charge < -0.3 is 86.3 Å². The highest BCUT2D eigenvalue weighted by Gasteiger charge is 2.43. The van der Waals surface area contributed by atoms with Crippen LogP contribution < -0.4 is 66.3 Å². The van der Waals surface area contributed by atoms with Gasteiger partial charge >= 0.3 is 5.97 Å². The fourth-order valence-electron chi connectivity index (χ4n) is 7.57. The molecule has 2 aliphatic heterocycles. The standard InChI is InChI=1S/C41H74N16O11/c1-22(2)31(39(67)68)55-37(65)28-13-8-19-57(28)38(66)29-14-9-18-56(29)30(59)20-50-34(62)27(21-58)54-32(60)23(3)51-35(63)25(11-4-5-15-42)53-36(64)26(12-7-17-49-41(46)47)52-33(61)24(43)10-6-16-48-40(44)45/h22-29,31,58H,4-21,42-43H2,1-3H3,(H,50,62)(H,51,63)(H,52,61)(H,53,64)(H,54,60)(H,55,65)(H,67,68)(H4,44,45,48)(H4,46,47,49)/t23-,24-,25-,26-,27-,28-,29-,31-/m0/s1. The van der Waals surface area contributed by atoms with Crippen molar-refractivity contribution in [1.82, 2.24) is 41.7 Å². The first-order valence-electron chi connectivity index (χ1n) is 22.9. The molecule has 0 spiro atoms. The highest BCUT2D eigenvalue weighted by Crippen LogP contribution is 2.25. The van der Waals surface area contributed by atoms with Crippen molar-refractivity contribution in [1.29, 1.82) is 0 Å². The molecule has 0 aliphatic carbocycles. The first kappa shape index (κ1) is 57.8. The third-order valence-electron chi connectivity index (χ3n) is 11.4. The Kier molecular flexibility index (Phi) is 25.0. The van der Waals surface area contributed by atoms with E-state index < -0.39 is 121 Å². The van der Waals surface area contributed by atoms with E-state index in [4.69, 9.17) is 34.4 Å². The number of hydrogen-bond acceptors (Lipinski definition) is 14. The van der Waals surface area contributed by atoms with Crippen molar-refractivity contribution in [2.24, 2.45) is 50.3 Å². The van der Waals surface area contributed by atoms with Gasteiger partial charge in [-0.2, -0.15) is 0 Å². The maximum absolute atomic E-state index is 13.7. The lowest BCUT2D eigenvalue weighted by atomic mass is 10.0. The Morgan fingerprint density at radius 2 is 1.18 bits per heavy atom. The second-order valence-electron chi connectivity index (χ2n) is 17.1. The first-order valence-corrected chi connectivity index (χ1v) is 22.9. The van der Waals surface area contributed by atoms with Crippen LogP contribution in [-0.4, -0.2) is 179 Å². The minimum atomic E-state index is -1.57. The number of aliphatic hydroxyl groups is 1. The molecule has 2 saturated heterocycles. The molecule has 0 aromatic heterocycles. The Hall–Kier alpha value is -6.35. The molecule has 0 bridgehead atoms. The molecule has 2 aliphatic rings. The summed E-state index contributed by atoms with van der Waals surface area (Å²) in [6.45, 7) is 4.15. The number of carboxylic acids is 1. The number of nitrogens with one attached hydrogen (secondary N) is 6. The van der Waals surface area contributed by atoms with E-state index in [0.717, 1.165) is 0 Å². The van der Waals surface area contributed by atoms with Crippen LogP contribution in [0.5, 0.6) is 0 Å². The van der Waals surface area contributed by atoms with Crippen molar-refractivity contribution in [3.63, 3.8) is 0 Å². The smallest absolute Gasteiger partial charge is 0.326 e. The molecular formula is C41H74N16O11. The van der Waals surface area contributed by atoms with E-state index in [0.29, 0.717) is 44.9 Å². The zero-order chi connectivity index (χ0) is 51.1. The van der Waals surface area contributed by atoms with Crippen molar-refractivity contribution in [2.45, 2.75) is 140 Å². The van der Waals surface area contributed by atoms with E-state index in [2.05, 4.69) is 41.9 Å². The van der Waals surface area contributed by atoms with Gasteiger partial charge in [-0.15, -0.1) is 0 Å². The number of carbonyl (C=O) groups is 9. The van der Waals surface area contributed by atoms with Crippen molar-refractivity contribution >= 4 is 65.1 Å². The number of hydrogen-bond donors (Lipinski definition) is 14. The molecule has 384 valence electrons. The molecule has 2 rings (SSSR count). The largest absolute Gasteiger partial charge is 0.480 e. The van der Waals surface area contributed by atoms with Crippen LogP contribution in [0, 0.1) is 5.92 Å². The monoisotopic (exact) mass is 967 g/mol. The van der Waals surface area contributed by atoms with Gasteiger partial charge in [0.25, 0.3) is 0 Å². The molecule has 27 nitrogen and oxygen atoms in total. The Labute approximate surface area is 395 Å². The summed E-state index contributed by atoms with van der Waals surface area (Å²) in [5, 5.41) is 34.5. The summed E-state index contributed by atoms with van der Waals surface area (Å²) in [4.78, 5) is 129. The molecule has 8 amide bonds. The van der Waals surface area contributed by atoms with Gasteiger partial charge in [-0.1, -0.05) is 13.8 Å². The van der Waals surface area contributed by atoms with Crippen molar-refractivity contribution in [3.8, 4) is 0 Å². The number of carbonyl (C=O) groups excluding carboxylic acids is 8. The average molecular weight is 967 g/mol. The number of unbranched alkanes of at least 4 members (excludes halogenated alkanes) is 1. The number of likely N-dealkylation sites (tertiary alicyclic amines) is 2. The predicted molar refractivity (Wildman–Crippen MR) is 248 cm³/mol. The van der Waals surface area contributed by atoms with Crippen LogP contribution in [0.2, 0.25) is 0 Å². The average Bonchev–Trinajstić information content (AvgIpc) is 3.99. The van der Waals surface area contributed by atoms with Crippen molar-refractivity contribution in [2.75, 3.05) is 45.9 Å². The number of guanidine groups is 2. The van der Waals surface area contributed by atoms with Crippen molar-refractivity contribution in [3.05, 3.63) is 0 Å². The third kappa shape index (κ3) is 19.1. The Morgan fingerprint density at radius 3 is 1.74 bits per heavy atom. The van der Waals surface area contributed by atoms with Crippen LogP contribution in [0.4, 0.5) is 0 Å². The van der Waals surface area contributed by atoms with E-state index >= 15 is 0 Å². The van der Waals surface area contributed by atoms with E-state index in [1.165, 1.54) is 16.7 Å². The summed E-state index contributed by atoms with van der Waals surface area (Å²) in [6, 6.07) is -9.33. The quantitative estimate of drug-likeness (QED) is 0.0188. The fraction of sp³-hybridized carbons (Fsp3) is 0.732. The third-order valence-corrected chi connectivity index (χ3v) is 11.4. The minimum Gasteiger partial charge on any atom is -0.480 e. The number of nitrogens with two attached hydrogens (primary N) is 6. The molecular weight excluding hydrogens is 893 g/mol. The van der Waals surface area contributed by atoms with E-state index in [9.17, 15) is 53.4 Å². The van der Waals surface area contributed by atoms with Crippen LogP contribution in [0.1, 0.15) is 91.4 Å². The lowest BCUT2D eigenvalue weighted by Crippen LogP contribution is -2.59. The summed E-state index contributed by atoms with van der Waals surface area (Å²) < 4.78 is 0. The molecule has 0 radical (unpaired) electrons. The maximum Gasteiger partial charge on any atom is 0.326 e. The lowest BCUT2D eigenvalue weighted by Gasteiger charge is -2.32. The summed E-state index contributed by atoms with van der Waals surface area (Å²) in [5.41, 5.74) is 33.2. The number of aliphatic imine (C=N–C) groups is 2. The van der Waals surface area contributed by atoms with Crippen LogP contribution in [0.15, 0.2) is 9.98 Å². The fourth-order valence-corrected chi connectivity index (χ4v) is 7.57. The van der Waals surface area contributed by atoms with Gasteiger partial charge in [0.15, 0.2) is 11.9 Å². The zero-order valence-corrected chi connectivity index (χ0v) is 39.2. The van der Waals surface area contributed by atoms with Gasteiger partial charge in [-0.3, -0.25) is 48.3 Å². The molecule has 27 heteroatoms. The molecule has 20 N–H and O–H groups in total. The number of nitrogens with zero attached hydrogens (tertiary/aromatic N) is 4. The lowest BCUT2D eigenvalue weighted by molar-refractivity contribution is -0.148. The summed E-state index contributed by atoms with van der Waals surface area (Å²) in [7, 11) is 0. The molecule has 8 atom stereocenters. The van der Waals surface area contributed by atoms with Crippen LogP contribution in [-0.2, 0) is 43.2 Å². The van der Waals surface area contributed by atoms with E-state index in [1.807, 2.05) is 0 Å². The summed E-state index contributed by atoms with van der Waals surface area (Å²) >= 11 is 0. The van der Waals surface area contributed by atoms with Crippen LogP contribution >= 0.6 is 0 Å². The summed E-state index contributed by atoms with van der Waals surface area (Å²) in [5.74, 6) is -7.64. The highest BCUT2D eigenvalue weighted by atomic mass is 16.4. The predicted octanol–water partition coefficient (Wildman–Crippen LogP) is -6.18. The Morgan fingerprint density at radius 1 is 0.647 bits per heavy atom. The van der Waals surface area contributed by atoms with E-state index in [-0.39, 0.29) is 70.3 Å². The number of aliphatic hydroxyl groups excluding tert-OH is 1. The van der Waals surface area contributed by atoms with Gasteiger partial charge in [0, 0.05) is 26.2 Å². The van der Waals surface area contributed by atoms with Gasteiger partial charge in [0.05, 0.1) is 19.2 Å². The molecule has 2 heterocycles. The second kappa shape index (κ2) is 29.4. The normalized spacial score (nSPS) is 18.2. The highest BCUT2D eigenvalue weighted by molar-refractivity contribution is 5.97. The van der Waals surface area contributed by atoms with Gasteiger partial charge in [0.1, 0.15) is 42.3 Å². The first-order chi connectivity index (χ1) is 32.1. The second-order valence-corrected chi connectivity index (χ2v) is 17.1. The molecule has 0 aromatic carbocycles. The van der Waals surface area contributed by atoms with E-state index in [1.54, 1.807) is 13.8 Å². The topological polar surface area (TPSA) is 454 Å². The van der Waals surface area contributed by atoms with Gasteiger partial charge in [0.2, 0.25) is 47.3 Å². The minimum absolute atomic E-state index is 0.0493. The van der Waals surface area contributed by atoms with Crippen molar-refractivity contribution < 1.29 is 53.4 Å². The number of rotatable bonds is 29. The summed E-state index contributed by atoms with van der Waals surface area (Å²) in [6.07, 6.45) is 3.38. The molecule has 0 saturated carbocycles. The Bertz CT molecular complexity index is 1810. The molecule has 0 aromatic rings.